The van der Waals surface area contributed by atoms with Crippen molar-refractivity contribution in [3.05, 3.63) is 70.8 Å². The van der Waals surface area contributed by atoms with E-state index in [1.165, 1.54) is 75.3 Å². The third kappa shape index (κ3) is 9.47. The number of rotatable bonds is 14. The molecule has 0 N–H and O–H groups in total. The molecule has 2 fully saturated rings. The SMILES string of the molecule is O=C(OCCCCCc1ccccc1C1CCCCC1)OCCCCCc1ccccc1C1CCCCC1. The van der Waals surface area contributed by atoms with Gasteiger partial charge in [0.25, 0.3) is 0 Å². The van der Waals surface area contributed by atoms with E-state index in [0.717, 1.165) is 63.2 Å². The first-order chi connectivity index (χ1) is 18.8. The Kier molecular flexibility index (Phi) is 12.6. The van der Waals surface area contributed by atoms with E-state index >= 15 is 0 Å². The Bertz CT molecular complexity index is 864. The first-order valence-electron chi connectivity index (χ1n) is 15.8. The minimum Gasteiger partial charge on any atom is -0.434 e. The maximum absolute atomic E-state index is 11.9. The van der Waals surface area contributed by atoms with Crippen molar-refractivity contribution in [3.8, 4) is 0 Å². The highest BCUT2D eigenvalue weighted by molar-refractivity contribution is 5.59. The van der Waals surface area contributed by atoms with Crippen molar-refractivity contribution >= 4 is 6.16 Å². The van der Waals surface area contributed by atoms with Crippen LogP contribution in [0.15, 0.2) is 48.5 Å². The molecule has 0 bridgehead atoms. The highest BCUT2D eigenvalue weighted by Crippen LogP contribution is 2.36. The lowest BCUT2D eigenvalue weighted by Gasteiger charge is -2.24. The minimum absolute atomic E-state index is 0.459. The zero-order chi connectivity index (χ0) is 26.3. The van der Waals surface area contributed by atoms with Crippen LogP contribution < -0.4 is 0 Å². The molecule has 3 nitrogen and oxygen atoms in total. The molecule has 0 radical (unpaired) electrons. The first kappa shape index (κ1) is 28.7. The number of carbonyl (C=O) groups excluding carboxylic acids is 1. The second kappa shape index (κ2) is 16.6. The van der Waals surface area contributed by atoms with Crippen LogP contribution in [0, 0.1) is 0 Å². The summed E-state index contributed by atoms with van der Waals surface area (Å²) >= 11 is 0. The fourth-order valence-corrected chi connectivity index (χ4v) is 6.69. The van der Waals surface area contributed by atoms with Crippen LogP contribution in [0.25, 0.3) is 0 Å². The summed E-state index contributed by atoms with van der Waals surface area (Å²) in [6, 6.07) is 18.1. The van der Waals surface area contributed by atoms with Crippen LogP contribution in [0.3, 0.4) is 0 Å². The molecule has 0 unspecified atom stereocenters. The zero-order valence-electron chi connectivity index (χ0n) is 23.6. The number of carbonyl (C=O) groups is 1. The van der Waals surface area contributed by atoms with Crippen LogP contribution in [-0.2, 0) is 22.3 Å². The van der Waals surface area contributed by atoms with Gasteiger partial charge in [-0.25, -0.2) is 4.79 Å². The van der Waals surface area contributed by atoms with E-state index in [4.69, 9.17) is 9.47 Å². The van der Waals surface area contributed by atoms with Gasteiger partial charge in [0.1, 0.15) is 0 Å². The topological polar surface area (TPSA) is 35.5 Å². The smallest absolute Gasteiger partial charge is 0.434 e. The molecule has 2 aliphatic rings. The average molecular weight is 519 g/mol. The quantitative estimate of drug-likeness (QED) is 0.184. The summed E-state index contributed by atoms with van der Waals surface area (Å²) in [5.74, 6) is 1.52. The Hall–Kier alpha value is -2.29. The fourth-order valence-electron chi connectivity index (χ4n) is 6.69. The van der Waals surface area contributed by atoms with Crippen LogP contribution in [-0.4, -0.2) is 19.4 Å². The van der Waals surface area contributed by atoms with Gasteiger partial charge in [-0.15, -0.1) is 0 Å². The van der Waals surface area contributed by atoms with E-state index < -0.39 is 6.16 Å². The summed E-state index contributed by atoms with van der Waals surface area (Å²) in [7, 11) is 0. The zero-order valence-corrected chi connectivity index (χ0v) is 23.6. The number of aryl methyl sites for hydroxylation is 2. The van der Waals surface area contributed by atoms with Gasteiger partial charge in [0, 0.05) is 0 Å². The molecule has 2 aliphatic carbocycles. The normalized spacial score (nSPS) is 16.8. The molecular formula is C35H50O3. The van der Waals surface area contributed by atoms with Crippen molar-refractivity contribution in [1.82, 2.24) is 0 Å². The van der Waals surface area contributed by atoms with Crippen LogP contribution in [0.5, 0.6) is 0 Å². The van der Waals surface area contributed by atoms with E-state index in [1.807, 2.05) is 0 Å². The van der Waals surface area contributed by atoms with Crippen molar-refractivity contribution in [2.75, 3.05) is 13.2 Å². The largest absolute Gasteiger partial charge is 0.508 e. The van der Waals surface area contributed by atoms with Gasteiger partial charge in [-0.05, 0) is 111 Å². The van der Waals surface area contributed by atoms with E-state index in [-0.39, 0.29) is 0 Å². The lowest BCUT2D eigenvalue weighted by molar-refractivity contribution is 0.0529. The molecule has 208 valence electrons. The maximum atomic E-state index is 11.9. The van der Waals surface area contributed by atoms with Gasteiger partial charge >= 0.3 is 6.16 Å². The van der Waals surface area contributed by atoms with Gasteiger partial charge in [0.15, 0.2) is 0 Å². The standard InChI is InChI=1S/C35H50O3/c36-35(37-27-15-3-9-21-31-23-11-13-25-33(31)29-17-5-1-6-18-29)38-28-16-4-10-22-32-24-12-14-26-34(32)30-19-7-2-8-20-30/h11-14,23-26,29-30H,1-10,15-22,27-28H2. The van der Waals surface area contributed by atoms with Crippen LogP contribution in [0.1, 0.15) is 137 Å². The maximum Gasteiger partial charge on any atom is 0.508 e. The minimum atomic E-state index is -0.504. The van der Waals surface area contributed by atoms with Gasteiger partial charge in [-0.1, -0.05) is 87.1 Å². The predicted octanol–water partition coefficient (Wildman–Crippen LogP) is 10.1. The van der Waals surface area contributed by atoms with E-state index in [1.54, 1.807) is 11.1 Å². The molecule has 0 heterocycles. The summed E-state index contributed by atoms with van der Waals surface area (Å²) in [5, 5.41) is 0. The molecule has 2 aromatic carbocycles. The molecule has 0 aliphatic heterocycles. The first-order valence-corrected chi connectivity index (χ1v) is 15.8. The molecule has 0 spiro atoms. The van der Waals surface area contributed by atoms with Gasteiger partial charge in [-0.2, -0.15) is 0 Å². The molecule has 0 atom stereocenters. The number of ether oxygens (including phenoxy) is 2. The second-order valence-electron chi connectivity index (χ2n) is 11.6. The number of hydrogen-bond acceptors (Lipinski definition) is 3. The predicted molar refractivity (Wildman–Crippen MR) is 157 cm³/mol. The highest BCUT2D eigenvalue weighted by atomic mass is 16.7. The Morgan fingerprint density at radius 2 is 0.974 bits per heavy atom. The lowest BCUT2D eigenvalue weighted by Crippen LogP contribution is -2.10. The summed E-state index contributed by atoms with van der Waals surface area (Å²) in [6.45, 7) is 0.919. The Balaban J connectivity index is 1.02. The van der Waals surface area contributed by atoms with Crippen molar-refractivity contribution in [2.45, 2.75) is 127 Å². The van der Waals surface area contributed by atoms with E-state index in [9.17, 15) is 4.79 Å². The number of hydrogen-bond donors (Lipinski definition) is 0. The summed E-state index contributed by atoms with van der Waals surface area (Å²) in [5.41, 5.74) is 6.22. The Morgan fingerprint density at radius 3 is 1.42 bits per heavy atom. The summed E-state index contributed by atoms with van der Waals surface area (Å²) < 4.78 is 10.6. The lowest BCUT2D eigenvalue weighted by atomic mass is 9.81. The second-order valence-corrected chi connectivity index (χ2v) is 11.6. The third-order valence-corrected chi connectivity index (χ3v) is 8.82. The van der Waals surface area contributed by atoms with Gasteiger partial charge < -0.3 is 9.47 Å². The van der Waals surface area contributed by atoms with Gasteiger partial charge in [-0.3, -0.25) is 0 Å². The molecule has 0 aromatic heterocycles. The monoisotopic (exact) mass is 518 g/mol. The number of unbranched alkanes of at least 4 members (excludes halogenated alkanes) is 4. The van der Waals surface area contributed by atoms with E-state index in [2.05, 4.69) is 48.5 Å². The molecular weight excluding hydrogens is 468 g/mol. The molecule has 2 aromatic rings. The Morgan fingerprint density at radius 1 is 0.553 bits per heavy atom. The van der Waals surface area contributed by atoms with Crippen molar-refractivity contribution in [3.63, 3.8) is 0 Å². The van der Waals surface area contributed by atoms with Crippen LogP contribution in [0.4, 0.5) is 4.79 Å². The van der Waals surface area contributed by atoms with Crippen LogP contribution in [0.2, 0.25) is 0 Å². The molecule has 0 amide bonds. The summed E-state index contributed by atoms with van der Waals surface area (Å²) in [6.07, 6.45) is 21.7. The Labute approximate surface area is 231 Å². The molecule has 38 heavy (non-hydrogen) atoms. The van der Waals surface area contributed by atoms with Gasteiger partial charge in [0.2, 0.25) is 0 Å². The van der Waals surface area contributed by atoms with Crippen molar-refractivity contribution < 1.29 is 14.3 Å². The third-order valence-electron chi connectivity index (χ3n) is 8.82. The molecule has 4 rings (SSSR count). The molecule has 3 heteroatoms. The molecule has 0 saturated heterocycles. The number of benzene rings is 2. The average Bonchev–Trinajstić information content (AvgIpc) is 2.98. The fraction of sp³-hybridized carbons (Fsp3) is 0.629. The van der Waals surface area contributed by atoms with E-state index in [0.29, 0.717) is 13.2 Å². The summed E-state index contributed by atoms with van der Waals surface area (Å²) in [4.78, 5) is 11.9. The highest BCUT2D eigenvalue weighted by Gasteiger charge is 2.19. The van der Waals surface area contributed by atoms with Crippen LogP contribution >= 0.6 is 0 Å². The molecule has 2 saturated carbocycles. The van der Waals surface area contributed by atoms with Gasteiger partial charge in [0.05, 0.1) is 13.2 Å². The van der Waals surface area contributed by atoms with Crippen molar-refractivity contribution in [1.29, 1.82) is 0 Å². The van der Waals surface area contributed by atoms with Crippen molar-refractivity contribution in [2.24, 2.45) is 0 Å².